The molecule has 0 aliphatic carbocycles. The van der Waals surface area contributed by atoms with Crippen molar-refractivity contribution in [1.82, 2.24) is 15.2 Å². The summed E-state index contributed by atoms with van der Waals surface area (Å²) in [5.41, 5.74) is 2.31. The summed E-state index contributed by atoms with van der Waals surface area (Å²) in [5, 5.41) is 3.05. The molecule has 0 bridgehead atoms. The summed E-state index contributed by atoms with van der Waals surface area (Å²) in [7, 11) is 0. The molecule has 22 heavy (non-hydrogen) atoms. The van der Waals surface area contributed by atoms with Crippen molar-refractivity contribution in [2.24, 2.45) is 5.92 Å². The van der Waals surface area contributed by atoms with E-state index < -0.39 is 0 Å². The van der Waals surface area contributed by atoms with Crippen molar-refractivity contribution in [2.45, 2.75) is 46.6 Å². The molecule has 1 atom stereocenters. The third-order valence-corrected chi connectivity index (χ3v) is 3.91. The fourth-order valence-corrected chi connectivity index (χ4v) is 2.89. The lowest BCUT2D eigenvalue weighted by Crippen LogP contribution is -2.50. The maximum Gasteiger partial charge on any atom is 0.251 e. The zero-order chi connectivity index (χ0) is 16.3. The summed E-state index contributed by atoms with van der Waals surface area (Å²) >= 11 is 0. The molecule has 1 aromatic rings. The molecule has 1 aliphatic heterocycles. The van der Waals surface area contributed by atoms with Crippen molar-refractivity contribution in [3.05, 3.63) is 29.1 Å². The van der Waals surface area contributed by atoms with Gasteiger partial charge in [-0.25, -0.2) is 0 Å². The van der Waals surface area contributed by atoms with Gasteiger partial charge < -0.3 is 10.2 Å². The third kappa shape index (κ3) is 4.06. The summed E-state index contributed by atoms with van der Waals surface area (Å²) in [6.45, 7) is 8.98. The first-order chi connectivity index (χ1) is 10.4. The molecule has 1 aromatic heterocycles. The number of aryl methyl sites for hydroxylation is 2. The van der Waals surface area contributed by atoms with Gasteiger partial charge in [0.1, 0.15) is 0 Å². The molecular formula is C17H25N3O2. The first-order valence-corrected chi connectivity index (χ1v) is 7.91. The molecule has 1 fully saturated rings. The van der Waals surface area contributed by atoms with Crippen LogP contribution in [0.2, 0.25) is 0 Å². The lowest BCUT2D eigenvalue weighted by atomic mass is 10.0. The van der Waals surface area contributed by atoms with E-state index >= 15 is 0 Å². The standard InChI is InChI=1S/C17H25N3O2/c1-11(2)17(22)20-7-5-6-15(10-20)19-16(21)14-8-12(3)18-13(4)9-14/h8-9,11,15H,5-7,10H2,1-4H3,(H,19,21). The lowest BCUT2D eigenvalue weighted by molar-refractivity contribution is -0.135. The van der Waals surface area contributed by atoms with Crippen LogP contribution in [0.1, 0.15) is 48.4 Å². The van der Waals surface area contributed by atoms with Crippen molar-refractivity contribution < 1.29 is 9.59 Å². The highest BCUT2D eigenvalue weighted by atomic mass is 16.2. The highest BCUT2D eigenvalue weighted by Gasteiger charge is 2.26. The van der Waals surface area contributed by atoms with E-state index in [1.807, 2.05) is 32.6 Å². The maximum absolute atomic E-state index is 12.4. The Morgan fingerprint density at radius 2 is 1.91 bits per heavy atom. The highest BCUT2D eigenvalue weighted by Crippen LogP contribution is 2.14. The van der Waals surface area contributed by atoms with Crippen LogP contribution in [0.4, 0.5) is 0 Å². The van der Waals surface area contributed by atoms with Crippen LogP contribution < -0.4 is 5.32 Å². The molecule has 0 aromatic carbocycles. The highest BCUT2D eigenvalue weighted by molar-refractivity contribution is 5.94. The molecular weight excluding hydrogens is 278 g/mol. The predicted molar refractivity (Wildman–Crippen MR) is 85.6 cm³/mol. The minimum atomic E-state index is -0.0857. The summed E-state index contributed by atoms with van der Waals surface area (Å²) < 4.78 is 0. The molecule has 5 nitrogen and oxygen atoms in total. The van der Waals surface area contributed by atoms with Gasteiger partial charge in [-0.15, -0.1) is 0 Å². The number of nitrogens with zero attached hydrogens (tertiary/aromatic N) is 2. The fourth-order valence-electron chi connectivity index (χ4n) is 2.89. The average Bonchev–Trinajstić information content (AvgIpc) is 2.45. The van der Waals surface area contributed by atoms with E-state index in [1.165, 1.54) is 0 Å². The Morgan fingerprint density at radius 1 is 1.27 bits per heavy atom. The van der Waals surface area contributed by atoms with Crippen LogP contribution in [0, 0.1) is 19.8 Å². The summed E-state index contributed by atoms with van der Waals surface area (Å²) in [6.07, 6.45) is 1.84. The van der Waals surface area contributed by atoms with Crippen LogP contribution in [-0.4, -0.2) is 40.8 Å². The summed E-state index contributed by atoms with van der Waals surface area (Å²) in [6, 6.07) is 3.61. The van der Waals surface area contributed by atoms with Crippen molar-refractivity contribution in [1.29, 1.82) is 0 Å². The lowest BCUT2D eigenvalue weighted by Gasteiger charge is -2.34. The zero-order valence-corrected chi connectivity index (χ0v) is 13.8. The van der Waals surface area contributed by atoms with Crippen LogP contribution in [0.15, 0.2) is 12.1 Å². The molecule has 1 saturated heterocycles. The van der Waals surface area contributed by atoms with Crippen molar-refractivity contribution in [3.63, 3.8) is 0 Å². The number of aromatic nitrogens is 1. The van der Waals surface area contributed by atoms with Gasteiger partial charge in [0.25, 0.3) is 5.91 Å². The van der Waals surface area contributed by atoms with Gasteiger partial charge in [-0.05, 0) is 38.8 Å². The van der Waals surface area contributed by atoms with Gasteiger partial charge >= 0.3 is 0 Å². The van der Waals surface area contributed by atoms with Gasteiger partial charge in [-0.2, -0.15) is 0 Å². The second-order valence-electron chi connectivity index (χ2n) is 6.39. The van der Waals surface area contributed by atoms with Crippen LogP contribution in [-0.2, 0) is 4.79 Å². The van der Waals surface area contributed by atoms with E-state index in [1.54, 1.807) is 12.1 Å². The molecule has 1 N–H and O–H groups in total. The van der Waals surface area contributed by atoms with Crippen molar-refractivity contribution in [3.8, 4) is 0 Å². The Balaban J connectivity index is 2.00. The molecule has 120 valence electrons. The molecule has 0 spiro atoms. The first kappa shape index (κ1) is 16.5. The number of rotatable bonds is 3. The Labute approximate surface area is 132 Å². The van der Waals surface area contributed by atoms with E-state index in [0.717, 1.165) is 30.8 Å². The minimum Gasteiger partial charge on any atom is -0.348 e. The largest absolute Gasteiger partial charge is 0.348 e. The number of carbonyl (C=O) groups is 2. The summed E-state index contributed by atoms with van der Waals surface area (Å²) in [4.78, 5) is 30.6. The molecule has 5 heteroatoms. The number of piperidine rings is 1. The van der Waals surface area contributed by atoms with Crippen molar-refractivity contribution >= 4 is 11.8 Å². The number of hydrogen-bond donors (Lipinski definition) is 1. The van der Waals surface area contributed by atoms with Crippen molar-refractivity contribution in [2.75, 3.05) is 13.1 Å². The molecule has 0 radical (unpaired) electrons. The molecule has 2 heterocycles. The molecule has 2 amide bonds. The summed E-state index contributed by atoms with van der Waals surface area (Å²) in [5.74, 6) is 0.0759. The second kappa shape index (κ2) is 6.90. The average molecular weight is 303 g/mol. The SMILES string of the molecule is Cc1cc(C(=O)NC2CCCN(C(=O)C(C)C)C2)cc(C)n1. The van der Waals surface area contributed by atoms with E-state index in [9.17, 15) is 9.59 Å². The fraction of sp³-hybridized carbons (Fsp3) is 0.588. The number of nitrogens with one attached hydrogen (secondary N) is 1. The van der Waals surface area contributed by atoms with E-state index in [4.69, 9.17) is 0 Å². The Bertz CT molecular complexity index is 549. The van der Waals surface area contributed by atoms with Crippen LogP contribution >= 0.6 is 0 Å². The van der Waals surface area contributed by atoms with Gasteiger partial charge in [0, 0.05) is 42.0 Å². The molecule has 2 rings (SSSR count). The van der Waals surface area contributed by atoms with Crippen LogP contribution in [0.25, 0.3) is 0 Å². The van der Waals surface area contributed by atoms with Gasteiger partial charge in [-0.3, -0.25) is 14.6 Å². The Hall–Kier alpha value is -1.91. The molecule has 1 unspecified atom stereocenters. The normalized spacial score (nSPS) is 18.4. The zero-order valence-electron chi connectivity index (χ0n) is 13.8. The smallest absolute Gasteiger partial charge is 0.251 e. The predicted octanol–water partition coefficient (Wildman–Crippen LogP) is 2.08. The number of likely N-dealkylation sites (tertiary alicyclic amines) is 1. The monoisotopic (exact) mass is 303 g/mol. The number of amides is 2. The van der Waals surface area contributed by atoms with Gasteiger partial charge in [0.05, 0.1) is 0 Å². The number of carbonyl (C=O) groups excluding carboxylic acids is 2. The van der Waals surface area contributed by atoms with E-state index in [2.05, 4.69) is 10.3 Å². The quantitative estimate of drug-likeness (QED) is 0.930. The van der Waals surface area contributed by atoms with Crippen LogP contribution in [0.5, 0.6) is 0 Å². The van der Waals surface area contributed by atoms with Gasteiger partial charge in [0.2, 0.25) is 5.91 Å². The van der Waals surface area contributed by atoms with Gasteiger partial charge in [-0.1, -0.05) is 13.8 Å². The Morgan fingerprint density at radius 3 is 2.50 bits per heavy atom. The minimum absolute atomic E-state index is 0.0000478. The van der Waals surface area contributed by atoms with Gasteiger partial charge in [0.15, 0.2) is 0 Å². The first-order valence-electron chi connectivity index (χ1n) is 7.91. The second-order valence-corrected chi connectivity index (χ2v) is 6.39. The number of hydrogen-bond acceptors (Lipinski definition) is 3. The van der Waals surface area contributed by atoms with E-state index in [-0.39, 0.29) is 23.8 Å². The van der Waals surface area contributed by atoms with Crippen LogP contribution in [0.3, 0.4) is 0 Å². The molecule has 1 aliphatic rings. The number of pyridine rings is 1. The third-order valence-electron chi connectivity index (χ3n) is 3.91. The van der Waals surface area contributed by atoms with E-state index in [0.29, 0.717) is 12.1 Å². The molecule has 0 saturated carbocycles. The maximum atomic E-state index is 12.4. The Kier molecular flexibility index (Phi) is 5.16. The topological polar surface area (TPSA) is 62.3 Å².